The Morgan fingerprint density at radius 1 is 0.692 bits per heavy atom. The molecule has 3 aromatic carbocycles. The van der Waals surface area contributed by atoms with E-state index in [4.69, 9.17) is 9.47 Å². The van der Waals surface area contributed by atoms with E-state index in [1.807, 2.05) is 50.3 Å². The van der Waals surface area contributed by atoms with Crippen LogP contribution in [0.15, 0.2) is 60.7 Å². The molecule has 3 rings (SSSR count). The topological polar surface area (TPSA) is 18.5 Å². The zero-order chi connectivity index (χ0) is 18.5. The van der Waals surface area contributed by atoms with Crippen molar-refractivity contribution in [1.29, 1.82) is 0 Å². The van der Waals surface area contributed by atoms with Crippen LogP contribution in [0, 0.1) is 13.8 Å². The van der Waals surface area contributed by atoms with Crippen LogP contribution in [0.5, 0.6) is 11.5 Å². The van der Waals surface area contributed by atoms with Crippen molar-refractivity contribution in [3.63, 3.8) is 0 Å². The second kappa shape index (κ2) is 8.09. The first kappa shape index (κ1) is 18.1. The summed E-state index contributed by atoms with van der Waals surface area (Å²) in [5.74, 6) is 1.85. The average molecular weight is 346 g/mol. The number of allylic oxidation sites excluding steroid dienone is 2. The third-order valence-corrected chi connectivity index (χ3v) is 4.66. The van der Waals surface area contributed by atoms with E-state index in [0.29, 0.717) is 13.2 Å². The first-order valence-electron chi connectivity index (χ1n) is 9.11. The Balaban J connectivity index is 2.32. The Morgan fingerprint density at radius 3 is 1.50 bits per heavy atom. The summed E-state index contributed by atoms with van der Waals surface area (Å²) in [7, 11) is 0. The van der Waals surface area contributed by atoms with Gasteiger partial charge in [0.25, 0.3) is 0 Å². The Bertz CT molecular complexity index is 901. The highest BCUT2D eigenvalue weighted by Crippen LogP contribution is 2.43. The highest BCUT2D eigenvalue weighted by atomic mass is 16.5. The summed E-state index contributed by atoms with van der Waals surface area (Å²) in [5, 5.41) is 4.38. The van der Waals surface area contributed by atoms with Crippen molar-refractivity contribution in [3.05, 3.63) is 71.8 Å². The average Bonchev–Trinajstić information content (AvgIpc) is 2.65. The smallest absolute Gasteiger partial charge is 0.135 e. The van der Waals surface area contributed by atoms with Crippen LogP contribution in [-0.4, -0.2) is 13.2 Å². The minimum Gasteiger partial charge on any atom is -0.488 e. The van der Waals surface area contributed by atoms with Crippen LogP contribution in [0.25, 0.3) is 21.5 Å². The molecular formula is C24H26O2. The fourth-order valence-corrected chi connectivity index (χ4v) is 3.13. The molecule has 3 aromatic rings. The maximum atomic E-state index is 6.19. The molecule has 0 saturated heterocycles. The molecule has 0 aliphatic rings. The molecule has 0 saturated carbocycles. The molecule has 0 aliphatic carbocycles. The van der Waals surface area contributed by atoms with Crippen LogP contribution in [0.4, 0.5) is 0 Å². The zero-order valence-corrected chi connectivity index (χ0v) is 16.0. The van der Waals surface area contributed by atoms with Gasteiger partial charge in [0, 0.05) is 21.5 Å². The number of rotatable bonds is 6. The molecule has 0 bridgehead atoms. The van der Waals surface area contributed by atoms with E-state index in [9.17, 15) is 0 Å². The van der Waals surface area contributed by atoms with Gasteiger partial charge < -0.3 is 9.47 Å². The quantitative estimate of drug-likeness (QED) is 0.374. The lowest BCUT2D eigenvalue weighted by atomic mass is 9.96. The van der Waals surface area contributed by atoms with Crippen LogP contribution in [0.2, 0.25) is 0 Å². The summed E-state index contributed by atoms with van der Waals surface area (Å²) in [6, 6.07) is 12.7. The van der Waals surface area contributed by atoms with Gasteiger partial charge in [-0.3, -0.25) is 0 Å². The molecule has 2 heteroatoms. The van der Waals surface area contributed by atoms with Gasteiger partial charge in [0.2, 0.25) is 0 Å². The normalized spacial score (nSPS) is 11.8. The highest BCUT2D eigenvalue weighted by molar-refractivity contribution is 6.11. The van der Waals surface area contributed by atoms with Gasteiger partial charge in [-0.1, -0.05) is 48.6 Å². The first-order valence-corrected chi connectivity index (χ1v) is 9.11. The number of benzene rings is 3. The Labute approximate surface area is 155 Å². The van der Waals surface area contributed by atoms with Gasteiger partial charge in [0.15, 0.2) is 0 Å². The number of hydrogen-bond donors (Lipinski definition) is 0. The van der Waals surface area contributed by atoms with E-state index in [0.717, 1.165) is 33.0 Å². The van der Waals surface area contributed by atoms with Crippen LogP contribution >= 0.6 is 0 Å². The largest absolute Gasteiger partial charge is 0.488 e. The third-order valence-electron chi connectivity index (χ3n) is 4.66. The summed E-state index contributed by atoms with van der Waals surface area (Å²) >= 11 is 0. The van der Waals surface area contributed by atoms with E-state index >= 15 is 0 Å². The fourth-order valence-electron chi connectivity index (χ4n) is 3.13. The first-order chi connectivity index (χ1) is 12.7. The minimum atomic E-state index is 0.557. The van der Waals surface area contributed by atoms with Gasteiger partial charge in [-0.25, -0.2) is 0 Å². The molecule has 2 nitrogen and oxygen atoms in total. The predicted octanol–water partition coefficient (Wildman–Crippen LogP) is 6.52. The van der Waals surface area contributed by atoms with Gasteiger partial charge in [-0.2, -0.15) is 0 Å². The highest BCUT2D eigenvalue weighted by Gasteiger charge is 2.16. The van der Waals surface area contributed by atoms with Crippen LogP contribution in [0.1, 0.15) is 25.0 Å². The van der Waals surface area contributed by atoms with Gasteiger partial charge in [0.05, 0.1) is 0 Å². The predicted molar refractivity (Wildman–Crippen MR) is 112 cm³/mol. The summed E-state index contributed by atoms with van der Waals surface area (Å²) in [6.45, 7) is 9.40. The van der Waals surface area contributed by atoms with Crippen molar-refractivity contribution in [2.24, 2.45) is 0 Å². The molecule has 0 radical (unpaired) electrons. The van der Waals surface area contributed by atoms with E-state index in [1.165, 1.54) is 11.1 Å². The SMILES string of the molecule is C/C=C/COc1c2ccccc2c(OC/C=C/C)c2cc(C)c(C)cc12. The third kappa shape index (κ3) is 3.45. The molecule has 26 heavy (non-hydrogen) atoms. The maximum Gasteiger partial charge on any atom is 0.135 e. The summed E-state index contributed by atoms with van der Waals surface area (Å²) in [4.78, 5) is 0. The second-order valence-corrected chi connectivity index (χ2v) is 6.45. The number of aryl methyl sites for hydroxylation is 2. The number of fused-ring (bicyclic) bond motifs is 2. The molecule has 0 aromatic heterocycles. The standard InChI is InChI=1S/C24H26O2/c1-5-7-13-25-23-19-11-9-10-12-20(19)24(26-14-8-6-2)22-16-18(4)17(3)15-21(22)23/h5-12,15-16H,13-14H2,1-4H3/b7-5+,8-6+. The van der Waals surface area contributed by atoms with Crippen molar-refractivity contribution in [3.8, 4) is 11.5 Å². The van der Waals surface area contributed by atoms with Gasteiger partial charge in [-0.05, 0) is 51.0 Å². The molecule has 0 N–H and O–H groups in total. The van der Waals surface area contributed by atoms with Crippen molar-refractivity contribution < 1.29 is 9.47 Å². The molecule has 0 heterocycles. The lowest BCUT2D eigenvalue weighted by Crippen LogP contribution is -2.00. The van der Waals surface area contributed by atoms with Crippen LogP contribution < -0.4 is 9.47 Å². The molecule has 0 unspecified atom stereocenters. The number of ether oxygens (including phenoxy) is 2. The van der Waals surface area contributed by atoms with E-state index < -0.39 is 0 Å². The monoisotopic (exact) mass is 346 g/mol. The lowest BCUT2D eigenvalue weighted by molar-refractivity contribution is 0.365. The van der Waals surface area contributed by atoms with Crippen molar-refractivity contribution in [2.45, 2.75) is 27.7 Å². The maximum absolute atomic E-state index is 6.19. The zero-order valence-electron chi connectivity index (χ0n) is 16.0. The Morgan fingerprint density at radius 2 is 1.12 bits per heavy atom. The minimum absolute atomic E-state index is 0.557. The molecule has 0 aliphatic heterocycles. The van der Waals surface area contributed by atoms with Gasteiger partial charge >= 0.3 is 0 Å². The molecule has 0 atom stereocenters. The van der Waals surface area contributed by atoms with E-state index in [2.05, 4.69) is 38.1 Å². The second-order valence-electron chi connectivity index (χ2n) is 6.45. The Hall–Kier alpha value is -2.74. The number of hydrogen-bond acceptors (Lipinski definition) is 2. The summed E-state index contributed by atoms with van der Waals surface area (Å²) in [6.07, 6.45) is 8.07. The molecular weight excluding hydrogens is 320 g/mol. The van der Waals surface area contributed by atoms with Gasteiger partial charge in [-0.15, -0.1) is 0 Å². The lowest BCUT2D eigenvalue weighted by Gasteiger charge is -2.18. The molecule has 0 amide bonds. The van der Waals surface area contributed by atoms with Crippen LogP contribution in [0.3, 0.4) is 0 Å². The van der Waals surface area contributed by atoms with Crippen LogP contribution in [-0.2, 0) is 0 Å². The molecule has 0 fully saturated rings. The summed E-state index contributed by atoms with van der Waals surface area (Å²) in [5.41, 5.74) is 2.51. The van der Waals surface area contributed by atoms with E-state index in [-0.39, 0.29) is 0 Å². The Kier molecular flexibility index (Phi) is 5.62. The van der Waals surface area contributed by atoms with Crippen molar-refractivity contribution in [1.82, 2.24) is 0 Å². The fraction of sp³-hybridized carbons (Fsp3) is 0.250. The molecule has 0 spiro atoms. The summed E-state index contributed by atoms with van der Waals surface area (Å²) < 4.78 is 12.4. The van der Waals surface area contributed by atoms with E-state index in [1.54, 1.807) is 0 Å². The van der Waals surface area contributed by atoms with Gasteiger partial charge in [0.1, 0.15) is 24.7 Å². The van der Waals surface area contributed by atoms with Crippen molar-refractivity contribution in [2.75, 3.05) is 13.2 Å². The van der Waals surface area contributed by atoms with Crippen molar-refractivity contribution >= 4 is 21.5 Å². The molecule has 134 valence electrons.